The number of benzene rings is 1. The number of rotatable bonds is 9. The highest BCUT2D eigenvalue weighted by Crippen LogP contribution is 2.45. The van der Waals surface area contributed by atoms with Crippen molar-refractivity contribution >= 4 is 27.0 Å². The van der Waals surface area contributed by atoms with Crippen LogP contribution in [0.4, 0.5) is 0 Å². The maximum absolute atomic E-state index is 13.9. The molecule has 0 aromatic heterocycles. The number of nitrogens with one attached hydrogen (secondary N) is 1. The van der Waals surface area contributed by atoms with Gasteiger partial charge in [0.2, 0.25) is 11.6 Å². The molecule has 2 N–H and O–H groups in total. The van der Waals surface area contributed by atoms with Crippen molar-refractivity contribution in [3.8, 4) is 11.5 Å². The number of fused-ring (bicyclic) bond motifs is 2. The SMILES string of the molecule is CC(C)=CCCC(C)=CCc1cc2c(cc1O)C1=C(C(=O)C3=C(NCCS3(=O)=O)C1=O)C(C=C(C)CCC=C(C)C)O2. The lowest BCUT2D eigenvalue weighted by molar-refractivity contribution is -0.115. The molecule has 2 aliphatic heterocycles. The lowest BCUT2D eigenvalue weighted by atomic mass is 9.81. The number of carbonyl (C=O) groups excluding carboxylic acids is 2. The molecule has 42 heavy (non-hydrogen) atoms. The maximum Gasteiger partial charge on any atom is 0.211 e. The van der Waals surface area contributed by atoms with Crippen LogP contribution in [0.3, 0.4) is 0 Å². The Morgan fingerprint density at radius 2 is 1.60 bits per heavy atom. The molecular weight excluding hydrogens is 550 g/mol. The third-order valence-corrected chi connectivity index (χ3v) is 9.42. The monoisotopic (exact) mass is 591 g/mol. The summed E-state index contributed by atoms with van der Waals surface area (Å²) in [7, 11) is -3.94. The quantitative estimate of drug-likeness (QED) is 0.259. The van der Waals surface area contributed by atoms with E-state index in [1.54, 1.807) is 12.1 Å². The molecular formula is C34H41NO6S. The van der Waals surface area contributed by atoms with E-state index in [1.807, 2.05) is 20.8 Å². The number of hydrogen-bond donors (Lipinski definition) is 2. The van der Waals surface area contributed by atoms with E-state index in [2.05, 4.69) is 44.3 Å². The third-order valence-electron chi connectivity index (χ3n) is 7.66. The van der Waals surface area contributed by atoms with Crippen LogP contribution in [0.2, 0.25) is 0 Å². The summed E-state index contributed by atoms with van der Waals surface area (Å²) < 4.78 is 32.3. The van der Waals surface area contributed by atoms with Crippen molar-refractivity contribution in [2.24, 2.45) is 0 Å². The number of sulfone groups is 1. The van der Waals surface area contributed by atoms with Gasteiger partial charge in [-0.05, 0) is 91.9 Å². The van der Waals surface area contributed by atoms with Gasteiger partial charge in [0.15, 0.2) is 9.84 Å². The van der Waals surface area contributed by atoms with E-state index in [0.717, 1.165) is 24.8 Å². The second kappa shape index (κ2) is 12.7. The zero-order chi connectivity index (χ0) is 30.8. The highest BCUT2D eigenvalue weighted by molar-refractivity contribution is 7.96. The standard InChI is InChI=1S/C34H41NO6S/c1-20(2)9-7-11-22(5)13-14-24-18-27-25(19-26(24)36)29-30(28(41-27)17-23(6)12-8-10-21(3)4)33(38)34-31(32(29)37)35-15-16-42(34,39)40/h9-10,13,17-19,28,35-36H,7-8,11-12,14-16H2,1-6H3. The molecule has 1 unspecified atom stereocenters. The molecule has 1 atom stereocenters. The first-order valence-corrected chi connectivity index (χ1v) is 16.1. The number of phenolic OH excluding ortho intramolecular Hbond substituents is 1. The molecule has 0 fully saturated rings. The molecule has 224 valence electrons. The average Bonchev–Trinajstić information content (AvgIpc) is 2.89. The number of ether oxygens (including phenoxy) is 1. The van der Waals surface area contributed by atoms with E-state index >= 15 is 0 Å². The van der Waals surface area contributed by atoms with E-state index in [0.29, 0.717) is 24.2 Å². The number of carbonyl (C=O) groups is 2. The van der Waals surface area contributed by atoms with Crippen LogP contribution >= 0.6 is 0 Å². The summed E-state index contributed by atoms with van der Waals surface area (Å²) >= 11 is 0. The van der Waals surface area contributed by atoms with E-state index in [1.165, 1.54) is 22.8 Å². The number of Topliss-reactive ketones (excluding diaryl/α,β-unsaturated/α-hetero) is 2. The minimum Gasteiger partial charge on any atom is -0.508 e. The average molecular weight is 592 g/mol. The van der Waals surface area contributed by atoms with Gasteiger partial charge in [0.25, 0.3) is 0 Å². The highest BCUT2D eigenvalue weighted by Gasteiger charge is 2.47. The van der Waals surface area contributed by atoms with Crippen molar-refractivity contribution in [2.45, 2.75) is 79.8 Å². The highest BCUT2D eigenvalue weighted by atomic mass is 32.2. The molecule has 7 nitrogen and oxygen atoms in total. The minimum absolute atomic E-state index is 0.00208. The van der Waals surface area contributed by atoms with Crippen molar-refractivity contribution in [2.75, 3.05) is 12.3 Å². The summed E-state index contributed by atoms with van der Waals surface area (Å²) in [6.45, 7) is 12.2. The van der Waals surface area contributed by atoms with Crippen LogP contribution in [0.25, 0.3) is 5.57 Å². The molecule has 8 heteroatoms. The predicted octanol–water partition coefficient (Wildman–Crippen LogP) is 6.22. The number of allylic oxidation sites excluding steroid dienone is 9. The summed E-state index contributed by atoms with van der Waals surface area (Å²) in [6.07, 6.45) is 11.1. The van der Waals surface area contributed by atoms with Crippen LogP contribution in [-0.2, 0) is 25.8 Å². The van der Waals surface area contributed by atoms with Crippen molar-refractivity contribution in [3.05, 3.63) is 86.0 Å². The maximum atomic E-state index is 13.9. The Morgan fingerprint density at radius 1 is 0.952 bits per heavy atom. The summed E-state index contributed by atoms with van der Waals surface area (Å²) in [5.74, 6) is -1.21. The number of ketones is 2. The van der Waals surface area contributed by atoms with E-state index in [9.17, 15) is 23.1 Å². The predicted molar refractivity (Wildman–Crippen MR) is 167 cm³/mol. The van der Waals surface area contributed by atoms with Crippen molar-refractivity contribution < 1.29 is 27.9 Å². The van der Waals surface area contributed by atoms with Gasteiger partial charge in [-0.25, -0.2) is 8.42 Å². The minimum atomic E-state index is -3.94. The Hall–Kier alpha value is -3.65. The smallest absolute Gasteiger partial charge is 0.211 e. The van der Waals surface area contributed by atoms with Gasteiger partial charge in [-0.15, -0.1) is 0 Å². The molecule has 0 amide bonds. The molecule has 2 heterocycles. The lowest BCUT2D eigenvalue weighted by Crippen LogP contribution is -2.44. The molecule has 0 saturated carbocycles. The molecule has 1 aromatic carbocycles. The number of aromatic hydroxyl groups is 1. The van der Waals surface area contributed by atoms with Gasteiger partial charge in [0.1, 0.15) is 28.2 Å². The Morgan fingerprint density at radius 3 is 2.24 bits per heavy atom. The number of hydrogen-bond acceptors (Lipinski definition) is 7. The van der Waals surface area contributed by atoms with Gasteiger partial charge >= 0.3 is 0 Å². The van der Waals surface area contributed by atoms with E-state index < -0.39 is 32.4 Å². The van der Waals surface area contributed by atoms with Gasteiger partial charge in [-0.3, -0.25) is 9.59 Å². The topological polar surface area (TPSA) is 110 Å². The van der Waals surface area contributed by atoms with Crippen LogP contribution in [0.15, 0.2) is 74.9 Å². The zero-order valence-corrected chi connectivity index (χ0v) is 26.2. The van der Waals surface area contributed by atoms with Crippen LogP contribution in [0.1, 0.15) is 78.4 Å². The summed E-state index contributed by atoms with van der Waals surface area (Å²) in [5.41, 5.74) is 5.43. The molecule has 4 rings (SSSR count). The van der Waals surface area contributed by atoms with Crippen LogP contribution in [0.5, 0.6) is 11.5 Å². The van der Waals surface area contributed by atoms with Crippen LogP contribution < -0.4 is 10.1 Å². The molecule has 0 bridgehead atoms. The second-order valence-electron chi connectivity index (χ2n) is 11.8. The Balaban J connectivity index is 1.77. The zero-order valence-electron chi connectivity index (χ0n) is 25.4. The number of phenols is 1. The molecule has 0 radical (unpaired) electrons. The summed E-state index contributed by atoms with van der Waals surface area (Å²) in [6, 6.07) is 3.18. The Kier molecular flexibility index (Phi) is 9.46. The largest absolute Gasteiger partial charge is 0.508 e. The molecule has 1 aliphatic carbocycles. The summed E-state index contributed by atoms with van der Waals surface area (Å²) in [4.78, 5) is 27.2. The second-order valence-corrected chi connectivity index (χ2v) is 13.9. The molecule has 1 aromatic rings. The van der Waals surface area contributed by atoms with E-state index in [-0.39, 0.29) is 40.5 Å². The van der Waals surface area contributed by atoms with Gasteiger partial charge in [-0.1, -0.05) is 40.5 Å². The fourth-order valence-corrected chi connectivity index (χ4v) is 6.84. The fraction of sp³-hybridized carbons (Fsp3) is 0.412. The Bertz CT molecular complexity index is 1610. The van der Waals surface area contributed by atoms with E-state index in [4.69, 9.17) is 4.74 Å². The molecule has 0 saturated heterocycles. The first-order chi connectivity index (χ1) is 19.8. The van der Waals surface area contributed by atoms with Gasteiger partial charge < -0.3 is 15.2 Å². The normalized spacial score (nSPS) is 19.8. The first-order valence-electron chi connectivity index (χ1n) is 14.5. The molecule has 3 aliphatic rings. The molecule has 0 spiro atoms. The third kappa shape index (κ3) is 6.70. The lowest BCUT2D eigenvalue weighted by Gasteiger charge is -2.34. The van der Waals surface area contributed by atoms with Crippen LogP contribution in [0, 0.1) is 0 Å². The van der Waals surface area contributed by atoms with Crippen molar-refractivity contribution in [3.63, 3.8) is 0 Å². The van der Waals surface area contributed by atoms with Gasteiger partial charge in [-0.2, -0.15) is 0 Å². The van der Waals surface area contributed by atoms with Crippen LogP contribution in [-0.4, -0.2) is 43.5 Å². The van der Waals surface area contributed by atoms with Crippen molar-refractivity contribution in [1.29, 1.82) is 0 Å². The Labute approximate surface area is 249 Å². The van der Waals surface area contributed by atoms with Gasteiger partial charge in [0.05, 0.1) is 11.3 Å². The summed E-state index contributed by atoms with van der Waals surface area (Å²) in [5, 5.41) is 13.8. The van der Waals surface area contributed by atoms with Crippen molar-refractivity contribution in [1.82, 2.24) is 5.32 Å². The fourth-order valence-electron chi connectivity index (χ4n) is 5.39. The first kappa shape index (κ1) is 31.3. The van der Waals surface area contributed by atoms with Gasteiger partial charge in [0, 0.05) is 23.2 Å².